The van der Waals surface area contributed by atoms with Crippen molar-refractivity contribution >= 4 is 17.1 Å². The van der Waals surface area contributed by atoms with Crippen LogP contribution in [-0.2, 0) is 10.8 Å². The van der Waals surface area contributed by atoms with Crippen LogP contribution in [0.2, 0.25) is 0 Å². The summed E-state index contributed by atoms with van der Waals surface area (Å²) in [6.07, 6.45) is 0. The Bertz CT molecular complexity index is 3650. The van der Waals surface area contributed by atoms with Gasteiger partial charge in [-0.2, -0.15) is 0 Å². The molecule has 0 aliphatic heterocycles. The molecule has 0 radical (unpaired) electrons. The zero-order valence-corrected chi connectivity index (χ0v) is 37.9. The second kappa shape index (κ2) is 15.4. The first-order valence-corrected chi connectivity index (χ1v) is 24.1. The molecule has 0 bridgehead atoms. The lowest BCUT2D eigenvalue weighted by molar-refractivity contribution is 0.768. The minimum Gasteiger partial charge on any atom is -0.310 e. The summed E-state index contributed by atoms with van der Waals surface area (Å²) in [4.78, 5) is 2.43. The van der Waals surface area contributed by atoms with Crippen LogP contribution < -0.4 is 4.90 Å². The monoisotopic (exact) mass is 875 g/mol. The van der Waals surface area contributed by atoms with Crippen LogP contribution in [-0.4, -0.2) is 0 Å². The number of anilines is 3. The largest absolute Gasteiger partial charge is 0.310 e. The molecule has 11 aromatic carbocycles. The van der Waals surface area contributed by atoms with Crippen LogP contribution in [0.5, 0.6) is 0 Å². The average Bonchev–Trinajstić information content (AvgIpc) is 4.02. The van der Waals surface area contributed by atoms with Crippen molar-refractivity contribution in [3.8, 4) is 55.6 Å². The molecule has 0 aromatic heterocycles. The van der Waals surface area contributed by atoms with E-state index >= 15 is 0 Å². The molecule has 0 amide bonds. The van der Waals surface area contributed by atoms with Crippen molar-refractivity contribution in [3.05, 3.63) is 317 Å². The summed E-state index contributed by atoms with van der Waals surface area (Å²) in [6.45, 7) is 0. The number of hydrogen-bond donors (Lipinski definition) is 0. The predicted molar refractivity (Wildman–Crippen MR) is 286 cm³/mol. The third-order valence-corrected chi connectivity index (χ3v) is 15.4. The SMILES string of the molecule is c1ccc(-c2ccc(N(c3ccc(-c4ccc5c(c4)C4(c6ccccc6-c6ccccc64)c4ccccc4-5)cc3)c3ccc4c(c3)C(c3ccccc3)(c3ccccc3)c3ccccc3-4)cc2)cc1. The molecule has 1 spiro atoms. The highest BCUT2D eigenvalue weighted by Gasteiger charge is 2.51. The lowest BCUT2D eigenvalue weighted by atomic mass is 9.67. The molecule has 0 saturated carbocycles. The predicted octanol–water partition coefficient (Wildman–Crippen LogP) is 17.2. The Morgan fingerprint density at radius 2 is 0.522 bits per heavy atom. The molecule has 3 aliphatic rings. The molecule has 0 N–H and O–H groups in total. The van der Waals surface area contributed by atoms with E-state index in [1.807, 2.05) is 0 Å². The normalized spacial score (nSPS) is 13.7. The zero-order chi connectivity index (χ0) is 45.5. The van der Waals surface area contributed by atoms with E-state index in [1.165, 1.54) is 100 Å². The molecular formula is C68H45N. The van der Waals surface area contributed by atoms with Crippen LogP contribution in [0.1, 0.15) is 44.5 Å². The van der Waals surface area contributed by atoms with E-state index in [1.54, 1.807) is 0 Å². The average molecular weight is 876 g/mol. The molecule has 0 atom stereocenters. The van der Waals surface area contributed by atoms with Gasteiger partial charge >= 0.3 is 0 Å². The molecule has 0 unspecified atom stereocenters. The summed E-state index contributed by atoms with van der Waals surface area (Å²) in [5.74, 6) is 0. The van der Waals surface area contributed by atoms with Gasteiger partial charge in [-0.05, 0) is 143 Å². The summed E-state index contributed by atoms with van der Waals surface area (Å²) in [5, 5.41) is 0. The van der Waals surface area contributed by atoms with Crippen molar-refractivity contribution in [2.75, 3.05) is 4.90 Å². The maximum atomic E-state index is 2.48. The second-order valence-corrected chi connectivity index (χ2v) is 18.7. The first-order valence-electron chi connectivity index (χ1n) is 24.1. The number of benzene rings is 11. The summed E-state index contributed by atoms with van der Waals surface area (Å²) in [6, 6.07) is 102. The van der Waals surface area contributed by atoms with Crippen molar-refractivity contribution in [2.24, 2.45) is 0 Å². The van der Waals surface area contributed by atoms with Gasteiger partial charge in [-0.1, -0.05) is 231 Å². The van der Waals surface area contributed by atoms with E-state index in [0.29, 0.717) is 0 Å². The Kier molecular flexibility index (Phi) is 8.78. The molecule has 1 nitrogen and oxygen atoms in total. The van der Waals surface area contributed by atoms with Gasteiger partial charge in [-0.15, -0.1) is 0 Å². The molecule has 14 rings (SSSR count). The van der Waals surface area contributed by atoms with Crippen molar-refractivity contribution in [1.82, 2.24) is 0 Å². The molecule has 11 aromatic rings. The van der Waals surface area contributed by atoms with Crippen molar-refractivity contribution in [1.29, 1.82) is 0 Å². The number of fused-ring (bicyclic) bond motifs is 13. The maximum absolute atomic E-state index is 2.48. The highest BCUT2D eigenvalue weighted by Crippen LogP contribution is 2.63. The fraction of sp³-hybridized carbons (Fsp3) is 0.0294. The zero-order valence-electron chi connectivity index (χ0n) is 37.9. The molecule has 1 heteroatoms. The van der Waals surface area contributed by atoms with Crippen LogP contribution >= 0.6 is 0 Å². The summed E-state index contributed by atoms with van der Waals surface area (Å²) in [7, 11) is 0. The van der Waals surface area contributed by atoms with Gasteiger partial charge in [0.15, 0.2) is 0 Å². The molecule has 0 saturated heterocycles. The first-order chi connectivity index (χ1) is 34.2. The van der Waals surface area contributed by atoms with Crippen LogP contribution in [0.15, 0.2) is 273 Å². The van der Waals surface area contributed by atoms with E-state index in [2.05, 4.69) is 278 Å². The fourth-order valence-electron chi connectivity index (χ4n) is 12.5. The van der Waals surface area contributed by atoms with Crippen LogP contribution in [0, 0.1) is 0 Å². The quantitative estimate of drug-likeness (QED) is 0.154. The van der Waals surface area contributed by atoms with Crippen molar-refractivity contribution < 1.29 is 0 Å². The molecule has 0 fully saturated rings. The lowest BCUT2D eigenvalue weighted by Crippen LogP contribution is -2.28. The van der Waals surface area contributed by atoms with Gasteiger partial charge in [0.1, 0.15) is 0 Å². The Hall–Kier alpha value is -8.78. The molecular weight excluding hydrogens is 831 g/mol. The third kappa shape index (κ3) is 5.65. The van der Waals surface area contributed by atoms with Crippen LogP contribution in [0.3, 0.4) is 0 Å². The number of nitrogens with zero attached hydrogens (tertiary/aromatic N) is 1. The molecule has 69 heavy (non-hydrogen) atoms. The highest BCUT2D eigenvalue weighted by atomic mass is 15.1. The van der Waals surface area contributed by atoms with E-state index in [-0.39, 0.29) is 5.41 Å². The van der Waals surface area contributed by atoms with Crippen molar-refractivity contribution in [2.45, 2.75) is 10.8 Å². The van der Waals surface area contributed by atoms with Gasteiger partial charge in [0.25, 0.3) is 0 Å². The Morgan fingerprint density at radius 1 is 0.203 bits per heavy atom. The van der Waals surface area contributed by atoms with Gasteiger partial charge < -0.3 is 4.90 Å². The third-order valence-electron chi connectivity index (χ3n) is 15.4. The molecule has 322 valence electrons. The van der Waals surface area contributed by atoms with Gasteiger partial charge in [0.05, 0.1) is 10.8 Å². The lowest BCUT2D eigenvalue weighted by Gasteiger charge is -2.35. The van der Waals surface area contributed by atoms with E-state index < -0.39 is 5.41 Å². The second-order valence-electron chi connectivity index (χ2n) is 18.7. The standard InChI is InChI=1S/C68H45N/c1-4-18-46(19-5-1)47-32-37-52(38-33-47)69(54-41-43-60-57-26-10-14-28-61(57)67(66(60)45-54,50-20-6-2-7-21-50)51-22-8-3-9-23-51)53-39-34-48(35-40-53)49-36-42-59-58-27-13-17-31-64(58)68(65(59)44-49)62-29-15-11-24-55(62)56-25-12-16-30-63(56)68/h1-45H. The van der Waals surface area contributed by atoms with E-state index in [4.69, 9.17) is 0 Å². The summed E-state index contributed by atoms with van der Waals surface area (Å²) >= 11 is 0. The molecule has 0 heterocycles. The van der Waals surface area contributed by atoms with Gasteiger partial charge in [0.2, 0.25) is 0 Å². The minimum atomic E-state index is -0.512. The van der Waals surface area contributed by atoms with Crippen LogP contribution in [0.25, 0.3) is 55.6 Å². The molecule has 3 aliphatic carbocycles. The Balaban J connectivity index is 0.930. The highest BCUT2D eigenvalue weighted by molar-refractivity contribution is 5.96. The number of rotatable bonds is 7. The first kappa shape index (κ1) is 39.4. The van der Waals surface area contributed by atoms with Gasteiger partial charge in [-0.25, -0.2) is 0 Å². The minimum absolute atomic E-state index is 0.389. The van der Waals surface area contributed by atoms with Gasteiger partial charge in [-0.3, -0.25) is 0 Å². The van der Waals surface area contributed by atoms with Crippen LogP contribution in [0.4, 0.5) is 17.1 Å². The maximum Gasteiger partial charge on any atom is 0.0725 e. The Labute approximate surface area is 403 Å². The van der Waals surface area contributed by atoms with E-state index in [0.717, 1.165) is 17.1 Å². The topological polar surface area (TPSA) is 3.24 Å². The number of hydrogen-bond acceptors (Lipinski definition) is 1. The summed E-state index contributed by atoms with van der Waals surface area (Å²) < 4.78 is 0. The van der Waals surface area contributed by atoms with Gasteiger partial charge in [0, 0.05) is 17.1 Å². The van der Waals surface area contributed by atoms with E-state index in [9.17, 15) is 0 Å². The van der Waals surface area contributed by atoms with Crippen molar-refractivity contribution in [3.63, 3.8) is 0 Å². The summed E-state index contributed by atoms with van der Waals surface area (Å²) in [5.41, 5.74) is 25.5. The smallest absolute Gasteiger partial charge is 0.0725 e. The fourth-order valence-corrected chi connectivity index (χ4v) is 12.5. The Morgan fingerprint density at radius 3 is 1.00 bits per heavy atom.